The quantitative estimate of drug-likeness (QED) is 0.357. The number of nitrogens with zero attached hydrogens (tertiary/aromatic N) is 3. The molecule has 1 saturated heterocycles. The number of amides is 1. The number of Topliss-reactive ketones (excluding diaryl/α,β-unsaturated/α-hetero) is 1. The van der Waals surface area contributed by atoms with E-state index in [1.54, 1.807) is 55.8 Å². The van der Waals surface area contributed by atoms with E-state index in [-0.39, 0.29) is 11.3 Å². The first-order chi connectivity index (χ1) is 15.0. The molecule has 3 aromatic rings. The molecule has 1 fully saturated rings. The number of hydrogen-bond donors (Lipinski definition) is 1. The molecule has 2 aromatic heterocycles. The van der Waals surface area contributed by atoms with Crippen LogP contribution in [0.1, 0.15) is 29.5 Å². The number of methoxy groups -OCH3 is 1. The SMILES string of the molecule is COc1cccc(C(O)=C2C(=O)C(=O)N(CCCn3ccnc3)[C@@H]2c2ccc(C)o2)c1. The number of likely N-dealkylation sites (tertiary alicyclic amines) is 1. The Labute approximate surface area is 179 Å². The highest BCUT2D eigenvalue weighted by molar-refractivity contribution is 6.46. The van der Waals surface area contributed by atoms with Gasteiger partial charge in [-0.3, -0.25) is 9.59 Å². The number of ether oxygens (including phenoxy) is 1. The predicted octanol–water partition coefficient (Wildman–Crippen LogP) is 3.31. The first kappa shape index (κ1) is 20.5. The fraction of sp³-hybridized carbons (Fsp3) is 0.261. The van der Waals surface area contributed by atoms with E-state index in [1.807, 2.05) is 10.8 Å². The molecule has 1 aliphatic heterocycles. The normalized spacial score (nSPS) is 18.0. The Balaban J connectivity index is 1.72. The first-order valence-corrected chi connectivity index (χ1v) is 9.94. The predicted molar refractivity (Wildman–Crippen MR) is 112 cm³/mol. The molecule has 1 aromatic carbocycles. The summed E-state index contributed by atoms with van der Waals surface area (Å²) in [6, 6.07) is 9.42. The maximum Gasteiger partial charge on any atom is 0.295 e. The van der Waals surface area contributed by atoms with Gasteiger partial charge in [0.15, 0.2) is 0 Å². The minimum Gasteiger partial charge on any atom is -0.507 e. The number of aromatic nitrogens is 2. The molecule has 0 unspecified atom stereocenters. The van der Waals surface area contributed by atoms with Gasteiger partial charge in [0, 0.05) is 31.0 Å². The van der Waals surface area contributed by atoms with Crippen molar-refractivity contribution in [2.24, 2.45) is 0 Å². The summed E-state index contributed by atoms with van der Waals surface area (Å²) >= 11 is 0. The fourth-order valence-electron chi connectivity index (χ4n) is 3.78. The topological polar surface area (TPSA) is 97.8 Å². The minimum absolute atomic E-state index is 0.00948. The maximum atomic E-state index is 13.0. The van der Waals surface area contributed by atoms with Crippen molar-refractivity contribution in [2.75, 3.05) is 13.7 Å². The van der Waals surface area contributed by atoms with Crippen LogP contribution >= 0.6 is 0 Å². The largest absolute Gasteiger partial charge is 0.507 e. The van der Waals surface area contributed by atoms with Crippen molar-refractivity contribution in [3.05, 3.63) is 77.8 Å². The summed E-state index contributed by atoms with van der Waals surface area (Å²) in [6.07, 6.45) is 5.83. The first-order valence-electron chi connectivity index (χ1n) is 9.94. The van der Waals surface area contributed by atoms with Crippen LogP contribution in [0.2, 0.25) is 0 Å². The van der Waals surface area contributed by atoms with Crippen molar-refractivity contribution in [1.82, 2.24) is 14.5 Å². The lowest BCUT2D eigenvalue weighted by Crippen LogP contribution is -2.31. The van der Waals surface area contributed by atoms with Crippen LogP contribution in [0.3, 0.4) is 0 Å². The molecule has 4 rings (SSSR count). The van der Waals surface area contributed by atoms with E-state index in [9.17, 15) is 14.7 Å². The van der Waals surface area contributed by atoms with Gasteiger partial charge in [0.2, 0.25) is 0 Å². The third kappa shape index (κ3) is 3.96. The summed E-state index contributed by atoms with van der Waals surface area (Å²) in [7, 11) is 1.52. The zero-order valence-electron chi connectivity index (χ0n) is 17.3. The Hall–Kier alpha value is -3.81. The Morgan fingerprint density at radius 3 is 2.74 bits per heavy atom. The van der Waals surface area contributed by atoms with E-state index in [2.05, 4.69) is 4.98 Å². The molecule has 3 heterocycles. The van der Waals surface area contributed by atoms with E-state index < -0.39 is 17.7 Å². The number of carbonyl (C=O) groups is 2. The molecule has 1 aliphatic rings. The van der Waals surface area contributed by atoms with E-state index >= 15 is 0 Å². The molecule has 0 aliphatic carbocycles. The van der Waals surface area contributed by atoms with Gasteiger partial charge in [-0.25, -0.2) is 4.98 Å². The van der Waals surface area contributed by atoms with Crippen LogP contribution in [0.15, 0.2) is 65.1 Å². The number of ketones is 1. The van der Waals surface area contributed by atoms with Crippen molar-refractivity contribution in [2.45, 2.75) is 25.9 Å². The molecule has 1 amide bonds. The van der Waals surface area contributed by atoms with Crippen molar-refractivity contribution in [3.63, 3.8) is 0 Å². The molecule has 0 saturated carbocycles. The van der Waals surface area contributed by atoms with Crippen LogP contribution in [-0.2, 0) is 16.1 Å². The third-order valence-electron chi connectivity index (χ3n) is 5.29. The average molecular weight is 421 g/mol. The van der Waals surface area contributed by atoms with Gasteiger partial charge in [0.1, 0.15) is 29.1 Å². The van der Waals surface area contributed by atoms with Crippen LogP contribution in [0.4, 0.5) is 0 Å². The van der Waals surface area contributed by atoms with Crippen LogP contribution in [0.5, 0.6) is 5.75 Å². The van der Waals surface area contributed by atoms with Gasteiger partial charge >= 0.3 is 0 Å². The Morgan fingerprint density at radius 1 is 1.23 bits per heavy atom. The van der Waals surface area contributed by atoms with E-state index in [4.69, 9.17) is 9.15 Å². The number of carbonyl (C=O) groups excluding carboxylic acids is 2. The van der Waals surface area contributed by atoms with Crippen LogP contribution in [0.25, 0.3) is 5.76 Å². The van der Waals surface area contributed by atoms with Crippen LogP contribution in [-0.4, -0.2) is 44.9 Å². The summed E-state index contributed by atoms with van der Waals surface area (Å²) in [5.74, 6) is -0.0299. The van der Waals surface area contributed by atoms with Gasteiger partial charge in [0.05, 0.1) is 19.0 Å². The van der Waals surface area contributed by atoms with Crippen molar-refractivity contribution in [1.29, 1.82) is 0 Å². The Morgan fingerprint density at radius 2 is 2.06 bits per heavy atom. The second kappa shape index (κ2) is 8.51. The average Bonchev–Trinajstić information content (AvgIpc) is 3.50. The van der Waals surface area contributed by atoms with Gasteiger partial charge in [0.25, 0.3) is 11.7 Å². The molecule has 8 nitrogen and oxygen atoms in total. The van der Waals surface area contributed by atoms with Crippen LogP contribution in [0, 0.1) is 6.92 Å². The van der Waals surface area contributed by atoms with Crippen molar-refractivity contribution >= 4 is 17.4 Å². The molecule has 31 heavy (non-hydrogen) atoms. The molecule has 8 heteroatoms. The Bertz CT molecular complexity index is 1130. The summed E-state index contributed by atoms with van der Waals surface area (Å²) < 4.78 is 12.9. The summed E-state index contributed by atoms with van der Waals surface area (Å²) in [5, 5.41) is 11.0. The fourth-order valence-corrected chi connectivity index (χ4v) is 3.78. The zero-order valence-corrected chi connectivity index (χ0v) is 17.3. The number of rotatable bonds is 7. The molecular formula is C23H23N3O5. The van der Waals surface area contributed by atoms with E-state index in [0.717, 1.165) is 0 Å². The standard InChI is InChI=1S/C23H23N3O5/c1-15-7-8-18(31-15)20-19(21(27)16-5-3-6-17(13-16)30-2)22(28)23(29)26(20)11-4-10-25-12-9-24-14-25/h3,5-9,12-14,20,27H,4,10-11H2,1-2H3/t20-/m1/s1. The van der Waals surface area contributed by atoms with Crippen molar-refractivity contribution < 1.29 is 23.8 Å². The van der Waals surface area contributed by atoms with E-state index in [0.29, 0.717) is 42.3 Å². The summed E-state index contributed by atoms with van der Waals surface area (Å²) in [6.45, 7) is 2.75. The monoisotopic (exact) mass is 421 g/mol. The van der Waals surface area contributed by atoms with Crippen molar-refractivity contribution in [3.8, 4) is 5.75 Å². The third-order valence-corrected chi connectivity index (χ3v) is 5.29. The van der Waals surface area contributed by atoms with Gasteiger partial charge in [-0.05, 0) is 37.6 Å². The highest BCUT2D eigenvalue weighted by Gasteiger charge is 2.47. The zero-order chi connectivity index (χ0) is 22.0. The Kier molecular flexibility index (Phi) is 5.62. The highest BCUT2D eigenvalue weighted by atomic mass is 16.5. The number of imidazole rings is 1. The van der Waals surface area contributed by atoms with E-state index in [1.165, 1.54) is 12.0 Å². The minimum atomic E-state index is -0.803. The number of hydrogen-bond acceptors (Lipinski definition) is 6. The molecule has 0 spiro atoms. The second-order valence-electron chi connectivity index (χ2n) is 7.33. The maximum absolute atomic E-state index is 13.0. The number of benzene rings is 1. The molecular weight excluding hydrogens is 398 g/mol. The molecule has 0 radical (unpaired) electrons. The summed E-state index contributed by atoms with van der Waals surface area (Å²) in [4.78, 5) is 31.3. The smallest absolute Gasteiger partial charge is 0.295 e. The molecule has 160 valence electrons. The lowest BCUT2D eigenvalue weighted by atomic mass is 9.99. The highest BCUT2D eigenvalue weighted by Crippen LogP contribution is 2.40. The van der Waals surface area contributed by atoms with Gasteiger partial charge in [-0.2, -0.15) is 0 Å². The van der Waals surface area contributed by atoms with Gasteiger partial charge in [-0.1, -0.05) is 12.1 Å². The molecule has 0 bridgehead atoms. The number of aliphatic hydroxyl groups excluding tert-OH is 1. The second-order valence-corrected chi connectivity index (χ2v) is 7.33. The molecule has 1 N–H and O–H groups in total. The summed E-state index contributed by atoms with van der Waals surface area (Å²) in [5.41, 5.74) is 0.402. The lowest BCUT2D eigenvalue weighted by Gasteiger charge is -2.23. The van der Waals surface area contributed by atoms with Crippen LogP contribution < -0.4 is 4.74 Å². The van der Waals surface area contributed by atoms with Gasteiger partial charge in [-0.15, -0.1) is 0 Å². The number of aryl methyl sites for hydroxylation is 2. The lowest BCUT2D eigenvalue weighted by molar-refractivity contribution is -0.140. The number of furan rings is 1. The van der Waals surface area contributed by atoms with Gasteiger partial charge < -0.3 is 23.7 Å². The number of aliphatic hydroxyl groups is 1. The molecule has 1 atom stereocenters.